The molecule has 2 rings (SSSR count). The maximum absolute atomic E-state index is 12.5. The molecule has 25 heavy (non-hydrogen) atoms. The minimum absolute atomic E-state index is 0.0300. The number of likely N-dealkylation sites (tertiary alicyclic amines) is 1. The average Bonchev–Trinajstić information content (AvgIpc) is 3.14. The van der Waals surface area contributed by atoms with E-state index in [1.54, 1.807) is 25.1 Å². The first-order valence-electron chi connectivity index (χ1n) is 8.61. The van der Waals surface area contributed by atoms with Crippen molar-refractivity contribution < 1.29 is 9.59 Å². The van der Waals surface area contributed by atoms with Crippen LogP contribution in [0.3, 0.4) is 0 Å². The number of nitrogens with zero attached hydrogens (tertiary/aromatic N) is 5. The Balaban J connectivity index is 2.00. The SMILES string of the molecule is CNC(=O)c1ccn([C@H]2CCCN([C@@H](C)C(=O)N(C)CCC#N)C2)n1. The maximum atomic E-state index is 12.5. The molecule has 8 nitrogen and oxygen atoms in total. The first kappa shape index (κ1) is 18.9. The lowest BCUT2D eigenvalue weighted by molar-refractivity contribution is -0.135. The molecule has 2 amide bonds. The molecule has 0 radical (unpaired) electrons. The molecule has 1 N–H and O–H groups in total. The third-order valence-corrected chi connectivity index (χ3v) is 4.71. The minimum atomic E-state index is -0.236. The van der Waals surface area contributed by atoms with Crippen molar-refractivity contribution in [2.45, 2.75) is 38.3 Å². The van der Waals surface area contributed by atoms with Gasteiger partial charge in [0.2, 0.25) is 5.91 Å². The van der Waals surface area contributed by atoms with Crippen LogP contribution in [-0.2, 0) is 4.79 Å². The highest BCUT2D eigenvalue weighted by atomic mass is 16.2. The lowest BCUT2D eigenvalue weighted by atomic mass is 10.0. The number of nitrogens with one attached hydrogen (secondary N) is 1. The Kier molecular flexibility index (Phi) is 6.53. The van der Waals surface area contributed by atoms with Crippen molar-refractivity contribution in [3.05, 3.63) is 18.0 Å². The molecular formula is C17H26N6O2. The predicted molar refractivity (Wildman–Crippen MR) is 92.8 cm³/mol. The van der Waals surface area contributed by atoms with Crippen molar-refractivity contribution in [1.29, 1.82) is 5.26 Å². The van der Waals surface area contributed by atoms with E-state index in [0.717, 1.165) is 19.4 Å². The summed E-state index contributed by atoms with van der Waals surface area (Å²) in [6, 6.07) is 3.68. The lowest BCUT2D eigenvalue weighted by Crippen LogP contribution is -2.50. The lowest BCUT2D eigenvalue weighted by Gasteiger charge is -2.37. The third-order valence-electron chi connectivity index (χ3n) is 4.71. The van der Waals surface area contributed by atoms with Crippen molar-refractivity contribution in [3.8, 4) is 6.07 Å². The fraction of sp³-hybridized carbons (Fsp3) is 0.647. The number of piperidine rings is 1. The molecule has 1 saturated heterocycles. The summed E-state index contributed by atoms with van der Waals surface area (Å²) >= 11 is 0. The van der Waals surface area contributed by atoms with Crippen LogP contribution >= 0.6 is 0 Å². The summed E-state index contributed by atoms with van der Waals surface area (Å²) < 4.78 is 1.83. The molecule has 1 aliphatic rings. The highest BCUT2D eigenvalue weighted by Gasteiger charge is 2.30. The molecular weight excluding hydrogens is 320 g/mol. The highest BCUT2D eigenvalue weighted by Crippen LogP contribution is 2.23. The zero-order valence-corrected chi connectivity index (χ0v) is 15.1. The van der Waals surface area contributed by atoms with Crippen LogP contribution in [0.4, 0.5) is 0 Å². The molecule has 0 unspecified atom stereocenters. The summed E-state index contributed by atoms with van der Waals surface area (Å²) in [5.74, 6) is -0.170. The van der Waals surface area contributed by atoms with Gasteiger partial charge in [0.25, 0.3) is 5.91 Å². The van der Waals surface area contributed by atoms with Crippen LogP contribution in [-0.4, -0.2) is 71.2 Å². The van der Waals surface area contributed by atoms with E-state index in [-0.39, 0.29) is 23.9 Å². The van der Waals surface area contributed by atoms with Gasteiger partial charge in [0.05, 0.1) is 24.6 Å². The van der Waals surface area contributed by atoms with Crippen molar-refractivity contribution in [2.24, 2.45) is 0 Å². The van der Waals surface area contributed by atoms with Crippen LogP contribution in [0.2, 0.25) is 0 Å². The normalized spacial score (nSPS) is 19.0. The molecule has 136 valence electrons. The van der Waals surface area contributed by atoms with Gasteiger partial charge >= 0.3 is 0 Å². The van der Waals surface area contributed by atoms with Crippen molar-refractivity contribution in [3.63, 3.8) is 0 Å². The zero-order chi connectivity index (χ0) is 18.4. The van der Waals surface area contributed by atoms with Crippen LogP contribution in [0.5, 0.6) is 0 Å². The van der Waals surface area contributed by atoms with E-state index in [2.05, 4.69) is 21.4 Å². The Bertz CT molecular complexity index is 650. The molecule has 1 fully saturated rings. The van der Waals surface area contributed by atoms with Gasteiger partial charge in [-0.3, -0.25) is 19.2 Å². The first-order valence-corrected chi connectivity index (χ1v) is 8.61. The molecule has 0 aromatic carbocycles. The van der Waals surface area contributed by atoms with Crippen LogP contribution in [0, 0.1) is 11.3 Å². The molecule has 0 aliphatic carbocycles. The smallest absolute Gasteiger partial charge is 0.271 e. The zero-order valence-electron chi connectivity index (χ0n) is 15.1. The van der Waals surface area contributed by atoms with E-state index in [9.17, 15) is 9.59 Å². The summed E-state index contributed by atoms with van der Waals surface area (Å²) in [6.45, 7) is 3.94. The van der Waals surface area contributed by atoms with Gasteiger partial charge in [-0.2, -0.15) is 10.4 Å². The predicted octanol–water partition coefficient (Wildman–Crippen LogP) is 0.640. The topological polar surface area (TPSA) is 94.3 Å². The number of nitriles is 1. The highest BCUT2D eigenvalue weighted by molar-refractivity contribution is 5.91. The Morgan fingerprint density at radius 3 is 3.00 bits per heavy atom. The van der Waals surface area contributed by atoms with Gasteiger partial charge in [-0.1, -0.05) is 0 Å². The second-order valence-corrected chi connectivity index (χ2v) is 6.39. The van der Waals surface area contributed by atoms with E-state index in [0.29, 0.717) is 25.2 Å². The second kappa shape index (κ2) is 8.62. The monoisotopic (exact) mass is 346 g/mol. The fourth-order valence-electron chi connectivity index (χ4n) is 3.14. The minimum Gasteiger partial charge on any atom is -0.354 e. The van der Waals surface area contributed by atoms with Crippen molar-refractivity contribution in [1.82, 2.24) is 24.9 Å². The molecule has 0 saturated carbocycles. The largest absolute Gasteiger partial charge is 0.354 e. The summed E-state index contributed by atoms with van der Waals surface area (Å²) in [7, 11) is 3.32. The van der Waals surface area contributed by atoms with Gasteiger partial charge in [0.15, 0.2) is 0 Å². The number of rotatable bonds is 6. The number of carbonyl (C=O) groups is 2. The molecule has 2 heterocycles. The molecule has 1 aliphatic heterocycles. The number of hydrogen-bond donors (Lipinski definition) is 1. The molecule has 2 atom stereocenters. The first-order chi connectivity index (χ1) is 12.0. The molecule has 0 spiro atoms. The standard InChI is InChI=1S/C17H26N6O2/c1-13(17(25)21(3)9-5-8-18)22-10-4-6-14(12-22)23-11-7-15(20-23)16(24)19-2/h7,11,13-14H,4-6,9-10,12H2,1-3H3,(H,19,24)/t13-,14-/m0/s1. The van der Waals surface area contributed by atoms with Crippen molar-refractivity contribution >= 4 is 11.8 Å². The van der Waals surface area contributed by atoms with Crippen LogP contribution < -0.4 is 5.32 Å². The number of aromatic nitrogens is 2. The number of carbonyl (C=O) groups excluding carboxylic acids is 2. The number of likely N-dealkylation sites (N-methyl/N-ethyl adjacent to an activating group) is 1. The van der Waals surface area contributed by atoms with E-state index >= 15 is 0 Å². The molecule has 0 bridgehead atoms. The average molecular weight is 346 g/mol. The van der Waals surface area contributed by atoms with Gasteiger partial charge in [-0.25, -0.2) is 0 Å². The molecule has 1 aromatic rings. The van der Waals surface area contributed by atoms with E-state index in [1.165, 1.54) is 0 Å². The fourth-order valence-corrected chi connectivity index (χ4v) is 3.14. The number of amides is 2. The quantitative estimate of drug-likeness (QED) is 0.816. The molecule has 8 heteroatoms. The number of hydrogen-bond acceptors (Lipinski definition) is 5. The van der Waals surface area contributed by atoms with E-state index in [1.807, 2.05) is 17.8 Å². The summed E-state index contributed by atoms with van der Waals surface area (Å²) in [5.41, 5.74) is 0.403. The second-order valence-electron chi connectivity index (χ2n) is 6.39. The summed E-state index contributed by atoms with van der Waals surface area (Å²) in [5, 5.41) is 15.6. The van der Waals surface area contributed by atoms with Crippen LogP contribution in [0.15, 0.2) is 12.3 Å². The van der Waals surface area contributed by atoms with Gasteiger partial charge in [0, 0.05) is 33.4 Å². The van der Waals surface area contributed by atoms with Gasteiger partial charge < -0.3 is 10.2 Å². The Hall–Kier alpha value is -2.40. The molecule has 1 aromatic heterocycles. The van der Waals surface area contributed by atoms with Crippen molar-refractivity contribution in [2.75, 3.05) is 33.7 Å². The van der Waals surface area contributed by atoms with E-state index < -0.39 is 0 Å². The van der Waals surface area contributed by atoms with Crippen LogP contribution in [0.1, 0.15) is 42.7 Å². The van der Waals surface area contributed by atoms with Crippen LogP contribution in [0.25, 0.3) is 0 Å². The van der Waals surface area contributed by atoms with Gasteiger partial charge in [-0.15, -0.1) is 0 Å². The van der Waals surface area contributed by atoms with Gasteiger partial charge in [0.1, 0.15) is 5.69 Å². The van der Waals surface area contributed by atoms with Gasteiger partial charge in [-0.05, 0) is 32.4 Å². The Labute approximate surface area is 148 Å². The van der Waals surface area contributed by atoms with E-state index in [4.69, 9.17) is 5.26 Å². The Morgan fingerprint density at radius 2 is 2.32 bits per heavy atom. The maximum Gasteiger partial charge on any atom is 0.271 e. The third kappa shape index (κ3) is 4.57. The summed E-state index contributed by atoms with van der Waals surface area (Å²) in [6.07, 6.45) is 4.10. The Morgan fingerprint density at radius 1 is 1.56 bits per heavy atom. The summed E-state index contributed by atoms with van der Waals surface area (Å²) in [4.78, 5) is 28.0.